The van der Waals surface area contributed by atoms with E-state index in [4.69, 9.17) is 19.7 Å². The quantitative estimate of drug-likeness (QED) is 0.115. The fourth-order valence-corrected chi connectivity index (χ4v) is 8.51. The van der Waals surface area contributed by atoms with Crippen LogP contribution < -0.4 is 20.1 Å². The Bertz CT molecular complexity index is 1720. The molecule has 0 saturated heterocycles. The maximum atomic E-state index is 14.2. The van der Waals surface area contributed by atoms with Crippen LogP contribution in [0.1, 0.15) is 98.0 Å². The molecule has 2 amide bonds. The number of carbonyl (C=O) groups excluding carboxylic acids is 3. The van der Waals surface area contributed by atoms with E-state index in [1.165, 1.54) is 6.42 Å². The maximum Gasteiger partial charge on any atom is 0.272 e. The number of rotatable bonds is 17. The van der Waals surface area contributed by atoms with Crippen molar-refractivity contribution in [2.24, 2.45) is 17.8 Å². The van der Waals surface area contributed by atoms with Crippen molar-refractivity contribution in [3.8, 4) is 28.4 Å². The van der Waals surface area contributed by atoms with E-state index in [0.29, 0.717) is 53.1 Å². The summed E-state index contributed by atoms with van der Waals surface area (Å²) in [7, 11) is 10.1. The molecule has 55 heavy (non-hydrogen) atoms. The lowest BCUT2D eigenvalue weighted by atomic mass is 9.60. The van der Waals surface area contributed by atoms with Crippen LogP contribution in [-0.4, -0.2) is 117 Å². The SMILES string of the molecule is CNCCCN(C)CCCN(C)C(=O)c1ccc(-n2nc(C(=O)NC3(C=O)CCC4CC(C)CC3C4)cc2-c2c(OC)cccc2OC)c(C(C)C)c1.CO. The highest BCUT2D eigenvalue weighted by Crippen LogP contribution is 2.47. The van der Waals surface area contributed by atoms with Crippen LogP contribution in [0.3, 0.4) is 0 Å². The van der Waals surface area contributed by atoms with Crippen molar-refractivity contribution in [3.63, 3.8) is 0 Å². The minimum atomic E-state index is -0.923. The monoisotopic (exact) mass is 760 g/mol. The van der Waals surface area contributed by atoms with Crippen LogP contribution in [0.2, 0.25) is 0 Å². The molecule has 0 spiro atoms. The molecule has 2 aliphatic carbocycles. The summed E-state index contributed by atoms with van der Waals surface area (Å²) < 4.78 is 13.4. The van der Waals surface area contributed by atoms with E-state index in [-0.39, 0.29) is 23.4 Å². The summed E-state index contributed by atoms with van der Waals surface area (Å²) in [6, 6.07) is 13.0. The van der Waals surface area contributed by atoms with Gasteiger partial charge < -0.3 is 39.8 Å². The number of hydrogen-bond acceptors (Lipinski definition) is 9. The Hall–Kier alpha value is -4.26. The van der Waals surface area contributed by atoms with Crippen molar-refractivity contribution in [2.45, 2.75) is 77.2 Å². The number of nitrogens with one attached hydrogen (secondary N) is 2. The smallest absolute Gasteiger partial charge is 0.272 e. The summed E-state index contributed by atoms with van der Waals surface area (Å²) in [4.78, 5) is 44.8. The van der Waals surface area contributed by atoms with Crippen LogP contribution in [0.25, 0.3) is 16.9 Å². The van der Waals surface area contributed by atoms with Gasteiger partial charge in [0.25, 0.3) is 11.8 Å². The van der Waals surface area contributed by atoms with Gasteiger partial charge in [-0.1, -0.05) is 26.8 Å². The third-order valence-electron chi connectivity index (χ3n) is 11.4. The number of aliphatic hydroxyl groups excluding tert-OH is 1. The summed E-state index contributed by atoms with van der Waals surface area (Å²) in [6.07, 6.45) is 7.53. The van der Waals surface area contributed by atoms with Crippen LogP contribution in [-0.2, 0) is 4.79 Å². The highest BCUT2D eigenvalue weighted by atomic mass is 16.5. The van der Waals surface area contributed by atoms with Gasteiger partial charge in [-0.25, -0.2) is 4.68 Å². The second kappa shape index (κ2) is 20.1. The predicted molar refractivity (Wildman–Crippen MR) is 217 cm³/mol. The topological polar surface area (TPSA) is 138 Å². The highest BCUT2D eigenvalue weighted by Gasteiger charge is 2.48. The molecule has 0 radical (unpaired) electrons. The van der Waals surface area contributed by atoms with Gasteiger partial charge in [-0.05, 0) is 144 Å². The van der Waals surface area contributed by atoms with Crippen molar-refractivity contribution in [2.75, 3.05) is 68.7 Å². The lowest BCUT2D eigenvalue weighted by Crippen LogP contribution is -2.59. The van der Waals surface area contributed by atoms with Crippen LogP contribution in [0.15, 0.2) is 42.5 Å². The number of aromatic nitrogens is 2. The molecule has 2 aliphatic rings. The Morgan fingerprint density at radius 2 is 1.71 bits per heavy atom. The minimum Gasteiger partial charge on any atom is -0.496 e. The number of benzene rings is 2. The highest BCUT2D eigenvalue weighted by molar-refractivity contribution is 5.97. The largest absolute Gasteiger partial charge is 0.496 e. The van der Waals surface area contributed by atoms with E-state index in [0.717, 1.165) is 76.4 Å². The number of fused-ring (bicyclic) bond motifs is 2. The van der Waals surface area contributed by atoms with Crippen LogP contribution >= 0.6 is 0 Å². The molecule has 12 heteroatoms. The van der Waals surface area contributed by atoms with Gasteiger partial charge >= 0.3 is 0 Å². The molecule has 2 bridgehead atoms. The molecule has 1 heterocycles. The lowest BCUT2D eigenvalue weighted by molar-refractivity contribution is -0.118. The average Bonchev–Trinajstić information content (AvgIpc) is 3.64. The first-order valence-electron chi connectivity index (χ1n) is 19.7. The molecule has 12 nitrogen and oxygen atoms in total. The molecule has 4 unspecified atom stereocenters. The number of hydrogen-bond donors (Lipinski definition) is 3. The summed E-state index contributed by atoms with van der Waals surface area (Å²) in [6.45, 7) is 9.96. The Labute approximate surface area is 327 Å². The van der Waals surface area contributed by atoms with Crippen molar-refractivity contribution in [3.05, 3.63) is 59.3 Å². The lowest BCUT2D eigenvalue weighted by Gasteiger charge is -2.48. The third-order valence-corrected chi connectivity index (χ3v) is 11.4. The molecule has 3 aromatic rings. The Balaban J connectivity index is 0.00000331. The van der Waals surface area contributed by atoms with E-state index < -0.39 is 11.4 Å². The van der Waals surface area contributed by atoms with Gasteiger partial charge in [0.2, 0.25) is 0 Å². The Kier molecular flexibility index (Phi) is 15.9. The van der Waals surface area contributed by atoms with Crippen molar-refractivity contribution in [1.29, 1.82) is 0 Å². The molecule has 2 saturated carbocycles. The number of carbonyl (C=O) groups is 3. The van der Waals surface area contributed by atoms with Crippen LogP contribution in [0, 0.1) is 17.8 Å². The molecule has 2 aromatic carbocycles. The van der Waals surface area contributed by atoms with Gasteiger partial charge in [0.1, 0.15) is 17.8 Å². The predicted octanol–water partition coefficient (Wildman–Crippen LogP) is 5.81. The van der Waals surface area contributed by atoms with Crippen molar-refractivity contribution in [1.82, 2.24) is 30.2 Å². The summed E-state index contributed by atoms with van der Waals surface area (Å²) in [5.41, 5.74) is 2.72. The molecule has 3 N–H and O–H groups in total. The number of amides is 2. The fraction of sp³-hybridized carbons (Fsp3) is 0.581. The standard InChI is InChI=1S/C42H60N6O5.CH4O/c1-28(2)33-25-31(41(51)47(6)21-11-20-46(5)19-10-18-43-4)14-15-35(33)48-36(39-37(52-7)12-9-13-38(39)53-8)26-34(45-48)40(50)44-42(27-49)17-16-30-22-29(3)23-32(42)24-30;1-2/h9,12-15,25-30,32,43H,10-11,16-24H2,1-8H3,(H,44,50);2H,1H3. The number of ether oxygens (including phenoxy) is 2. The van der Waals surface area contributed by atoms with Crippen LogP contribution in [0.5, 0.6) is 11.5 Å². The van der Waals surface area contributed by atoms with E-state index in [9.17, 15) is 14.4 Å². The van der Waals surface area contributed by atoms with Gasteiger partial charge in [0.05, 0.1) is 36.7 Å². The number of aldehydes is 1. The number of nitrogens with zero attached hydrogens (tertiary/aromatic N) is 4. The number of methoxy groups -OCH3 is 2. The zero-order chi connectivity index (χ0) is 40.3. The summed E-state index contributed by atoms with van der Waals surface area (Å²) in [5, 5.41) is 18.3. The summed E-state index contributed by atoms with van der Waals surface area (Å²) >= 11 is 0. The average molecular weight is 761 g/mol. The molecule has 4 atom stereocenters. The van der Waals surface area contributed by atoms with E-state index >= 15 is 0 Å². The zero-order valence-corrected chi connectivity index (χ0v) is 34.5. The normalized spacial score (nSPS) is 20.4. The van der Waals surface area contributed by atoms with Gasteiger partial charge in [0.15, 0.2) is 5.69 Å². The van der Waals surface area contributed by atoms with Crippen LogP contribution in [0.4, 0.5) is 0 Å². The first-order chi connectivity index (χ1) is 26.4. The first kappa shape index (κ1) is 43.5. The number of aliphatic hydroxyl groups is 1. The van der Waals surface area contributed by atoms with Crippen molar-refractivity contribution < 1.29 is 29.0 Å². The minimum absolute atomic E-state index is 0.0185. The second-order valence-electron chi connectivity index (χ2n) is 15.7. The van der Waals surface area contributed by atoms with Crippen molar-refractivity contribution >= 4 is 18.1 Å². The first-order valence-corrected chi connectivity index (χ1v) is 19.7. The molecule has 5 rings (SSSR count). The summed E-state index contributed by atoms with van der Waals surface area (Å²) in [5.74, 6) is 1.91. The van der Waals surface area contributed by atoms with E-state index in [1.54, 1.807) is 29.9 Å². The zero-order valence-electron chi connectivity index (χ0n) is 34.5. The molecule has 0 aliphatic heterocycles. The van der Waals surface area contributed by atoms with Gasteiger partial charge in [-0.15, -0.1) is 0 Å². The molecular formula is C43H64N6O6. The second-order valence-corrected chi connectivity index (χ2v) is 15.7. The van der Waals surface area contributed by atoms with Gasteiger partial charge in [-0.3, -0.25) is 9.59 Å². The maximum absolute atomic E-state index is 14.2. The third kappa shape index (κ3) is 10.1. The van der Waals surface area contributed by atoms with E-state index in [2.05, 4.69) is 43.4 Å². The van der Waals surface area contributed by atoms with E-state index in [1.807, 2.05) is 50.5 Å². The van der Waals surface area contributed by atoms with Gasteiger partial charge in [-0.2, -0.15) is 5.10 Å². The molecule has 1 aromatic heterocycles. The Morgan fingerprint density at radius 1 is 1.02 bits per heavy atom. The fourth-order valence-electron chi connectivity index (χ4n) is 8.51. The Morgan fingerprint density at radius 3 is 2.35 bits per heavy atom. The molecule has 2 fully saturated rings. The molecule has 302 valence electrons. The molecular weight excluding hydrogens is 697 g/mol. The van der Waals surface area contributed by atoms with Gasteiger partial charge in [0, 0.05) is 26.3 Å².